The lowest BCUT2D eigenvalue weighted by atomic mass is 10.1. The van der Waals surface area contributed by atoms with Gasteiger partial charge in [0.05, 0.1) is 23.7 Å². The second-order valence-corrected chi connectivity index (χ2v) is 11.1. The number of nitrogen functional groups attached to an aromatic ring is 1. The zero-order valence-electron chi connectivity index (χ0n) is 23.2. The van der Waals surface area contributed by atoms with Crippen LogP contribution in [0, 0.1) is 0 Å². The summed E-state index contributed by atoms with van der Waals surface area (Å²) < 4.78 is 7.20. The fraction of sp³-hybridized carbons (Fsp3) is 0.393. The van der Waals surface area contributed by atoms with Crippen molar-refractivity contribution in [1.29, 1.82) is 0 Å². The molecule has 2 unspecified atom stereocenters. The molecule has 1 amide bonds. The number of rotatable bonds is 9. The van der Waals surface area contributed by atoms with E-state index in [2.05, 4.69) is 37.4 Å². The van der Waals surface area contributed by atoms with Crippen LogP contribution in [-0.2, 0) is 9.53 Å². The lowest BCUT2D eigenvalue weighted by Gasteiger charge is -2.24. The molecule has 3 aromatic heterocycles. The van der Waals surface area contributed by atoms with E-state index in [0.717, 1.165) is 42.6 Å². The van der Waals surface area contributed by atoms with Gasteiger partial charge in [-0.2, -0.15) is 29.8 Å². The number of nitrogens with zero attached hydrogens (tertiary/aromatic N) is 8. The van der Waals surface area contributed by atoms with Crippen LogP contribution in [-0.4, -0.2) is 72.9 Å². The number of nitrogens with one attached hydrogen (secondary N) is 3. The molecule has 0 bridgehead atoms. The lowest BCUT2D eigenvalue weighted by Crippen LogP contribution is -2.44. The molecule has 0 radical (unpaired) electrons. The SMILES string of the molecule is C=C1C=CN=CC(NC(=O)C2CC(OC)CN2c2nc(Nc3cc(C4CC4)[nH]n3)nc(-n3nc(C4CC4)cc3N)n2)=C1. The lowest BCUT2D eigenvalue weighted by molar-refractivity contribution is -0.121. The number of allylic oxidation sites excluding steroid dienone is 4. The summed E-state index contributed by atoms with van der Waals surface area (Å²) in [5.41, 5.74) is 9.62. The molecule has 2 aliphatic carbocycles. The fourth-order valence-corrected chi connectivity index (χ4v) is 5.18. The molecule has 14 heteroatoms. The first-order chi connectivity index (χ1) is 20.4. The predicted octanol–water partition coefficient (Wildman–Crippen LogP) is 2.61. The molecule has 14 nitrogen and oxygen atoms in total. The van der Waals surface area contributed by atoms with Crippen molar-refractivity contribution in [2.24, 2.45) is 4.99 Å². The Kier molecular flexibility index (Phi) is 6.53. The molecule has 0 aromatic carbocycles. The van der Waals surface area contributed by atoms with Crippen LogP contribution in [0.5, 0.6) is 0 Å². The zero-order chi connectivity index (χ0) is 28.8. The summed E-state index contributed by atoms with van der Waals surface area (Å²) in [6, 6.07) is 3.20. The van der Waals surface area contributed by atoms with E-state index in [4.69, 9.17) is 25.5 Å². The number of hydrogen-bond acceptors (Lipinski definition) is 11. The number of aliphatic imine (C=N–C) groups is 1. The van der Waals surface area contributed by atoms with Gasteiger partial charge in [0.2, 0.25) is 17.8 Å². The number of hydrogen-bond donors (Lipinski definition) is 4. The van der Waals surface area contributed by atoms with Crippen LogP contribution in [0.3, 0.4) is 0 Å². The van der Waals surface area contributed by atoms with Gasteiger partial charge in [-0.05, 0) is 43.4 Å². The van der Waals surface area contributed by atoms with Crippen LogP contribution in [0.4, 0.5) is 23.5 Å². The van der Waals surface area contributed by atoms with E-state index < -0.39 is 6.04 Å². The number of anilines is 4. The quantitative estimate of drug-likeness (QED) is 0.300. The van der Waals surface area contributed by atoms with Crippen LogP contribution < -0.4 is 21.3 Å². The van der Waals surface area contributed by atoms with E-state index in [-0.39, 0.29) is 29.9 Å². The second kappa shape index (κ2) is 10.5. The minimum atomic E-state index is -0.624. The number of nitrogens with two attached hydrogens (primary N) is 1. The molecule has 5 heterocycles. The Morgan fingerprint density at radius 1 is 1.14 bits per heavy atom. The summed E-state index contributed by atoms with van der Waals surface area (Å²) >= 11 is 0. The number of amides is 1. The predicted molar refractivity (Wildman–Crippen MR) is 157 cm³/mol. The Morgan fingerprint density at radius 2 is 1.95 bits per heavy atom. The van der Waals surface area contributed by atoms with E-state index >= 15 is 0 Å². The molecule has 5 N–H and O–H groups in total. The van der Waals surface area contributed by atoms with Gasteiger partial charge in [0, 0.05) is 55.9 Å². The van der Waals surface area contributed by atoms with E-state index in [1.165, 1.54) is 4.68 Å². The van der Waals surface area contributed by atoms with Crippen molar-refractivity contribution in [2.45, 2.75) is 56.1 Å². The van der Waals surface area contributed by atoms with Crippen LogP contribution >= 0.6 is 0 Å². The van der Waals surface area contributed by atoms with Crippen molar-refractivity contribution in [1.82, 2.24) is 40.2 Å². The summed E-state index contributed by atoms with van der Waals surface area (Å²) in [4.78, 5) is 33.7. The van der Waals surface area contributed by atoms with Gasteiger partial charge in [-0.15, -0.1) is 0 Å². The van der Waals surface area contributed by atoms with Gasteiger partial charge in [0.25, 0.3) is 5.95 Å². The molecule has 2 aliphatic heterocycles. The molecule has 1 saturated heterocycles. The number of methoxy groups -OCH3 is 1. The minimum Gasteiger partial charge on any atom is -0.383 e. The average molecular weight is 569 g/mol. The van der Waals surface area contributed by atoms with Gasteiger partial charge in [0.1, 0.15) is 11.9 Å². The molecule has 3 fully saturated rings. The van der Waals surface area contributed by atoms with Gasteiger partial charge in [-0.1, -0.05) is 6.58 Å². The Labute approximate surface area is 241 Å². The van der Waals surface area contributed by atoms with Gasteiger partial charge in [-0.3, -0.25) is 14.9 Å². The first kappa shape index (κ1) is 26.1. The Balaban J connectivity index is 1.23. The van der Waals surface area contributed by atoms with Crippen molar-refractivity contribution in [3.63, 3.8) is 0 Å². The van der Waals surface area contributed by atoms with E-state index in [1.54, 1.807) is 31.7 Å². The van der Waals surface area contributed by atoms with Crippen molar-refractivity contribution in [2.75, 3.05) is 29.6 Å². The highest BCUT2D eigenvalue weighted by Gasteiger charge is 2.39. The van der Waals surface area contributed by atoms with Crippen LogP contribution in [0.1, 0.15) is 55.3 Å². The second-order valence-electron chi connectivity index (χ2n) is 11.1. The van der Waals surface area contributed by atoms with Gasteiger partial charge < -0.3 is 26.0 Å². The smallest absolute Gasteiger partial charge is 0.259 e. The van der Waals surface area contributed by atoms with Crippen molar-refractivity contribution >= 4 is 35.7 Å². The molecule has 2 saturated carbocycles. The Morgan fingerprint density at radius 3 is 2.74 bits per heavy atom. The number of carbonyl (C=O) groups excluding carboxylic acids is 1. The van der Waals surface area contributed by atoms with Gasteiger partial charge >= 0.3 is 0 Å². The van der Waals surface area contributed by atoms with Crippen LogP contribution in [0.15, 0.2) is 53.3 Å². The third-order valence-electron chi connectivity index (χ3n) is 7.76. The number of H-pyrrole nitrogens is 1. The highest BCUT2D eigenvalue weighted by Crippen LogP contribution is 2.41. The largest absolute Gasteiger partial charge is 0.383 e. The van der Waals surface area contributed by atoms with Crippen molar-refractivity contribution in [3.05, 3.63) is 59.7 Å². The van der Waals surface area contributed by atoms with Crippen LogP contribution in [0.2, 0.25) is 0 Å². The monoisotopic (exact) mass is 568 g/mol. The van der Waals surface area contributed by atoms with Crippen molar-refractivity contribution in [3.8, 4) is 5.95 Å². The number of ether oxygens (including phenoxy) is 1. The van der Waals surface area contributed by atoms with E-state index in [0.29, 0.717) is 42.1 Å². The molecule has 42 heavy (non-hydrogen) atoms. The molecule has 0 spiro atoms. The van der Waals surface area contributed by atoms with Gasteiger partial charge in [-0.25, -0.2) is 0 Å². The molecule has 4 aliphatic rings. The molecular formula is C28H32N12O2. The average Bonchev–Trinajstić information content (AvgIpc) is 3.90. The summed E-state index contributed by atoms with van der Waals surface area (Å²) in [5.74, 6) is 2.48. The first-order valence-corrected chi connectivity index (χ1v) is 14.1. The maximum Gasteiger partial charge on any atom is 0.259 e. The topological polar surface area (TPSA) is 177 Å². The highest BCUT2D eigenvalue weighted by atomic mass is 16.5. The Hall–Kier alpha value is -4.85. The third kappa shape index (κ3) is 5.40. The fourth-order valence-electron chi connectivity index (χ4n) is 5.18. The summed E-state index contributed by atoms with van der Waals surface area (Å²) in [7, 11) is 1.63. The first-order valence-electron chi connectivity index (χ1n) is 14.1. The van der Waals surface area contributed by atoms with Crippen molar-refractivity contribution < 1.29 is 9.53 Å². The molecule has 3 aromatic rings. The number of aromatic amines is 1. The summed E-state index contributed by atoms with van der Waals surface area (Å²) in [5, 5.41) is 18.3. The maximum absolute atomic E-state index is 13.6. The van der Waals surface area contributed by atoms with E-state index in [1.807, 2.05) is 17.0 Å². The number of aromatic nitrogens is 7. The number of carbonyl (C=O) groups is 1. The maximum atomic E-state index is 13.6. The summed E-state index contributed by atoms with van der Waals surface area (Å²) in [6.45, 7) is 4.35. The Bertz CT molecular complexity index is 1630. The normalized spacial score (nSPS) is 21.9. The van der Waals surface area contributed by atoms with Crippen LogP contribution in [0.25, 0.3) is 5.95 Å². The third-order valence-corrected chi connectivity index (χ3v) is 7.76. The standard InChI is InChI=1S/C28H32N12O2/c1-15-7-8-30-13-18(9-15)31-25(41)22-10-19(42-2)14-39(22)27-33-26(32-24-12-20(36-37-24)16-3-4-16)34-28(35-27)40-23(29)11-21(38-40)17-5-6-17/h7-9,11-13,16-17,19,22H,1,3-6,10,14,29H2,2H3,(H,31,41)(H2,32,33,34,35,36,37). The molecule has 216 valence electrons. The molecular weight excluding hydrogens is 536 g/mol. The highest BCUT2D eigenvalue weighted by molar-refractivity contribution is 5.93. The summed E-state index contributed by atoms with van der Waals surface area (Å²) in [6.07, 6.45) is 11.4. The van der Waals surface area contributed by atoms with Gasteiger partial charge in [0.15, 0.2) is 5.82 Å². The molecule has 7 rings (SSSR count). The minimum absolute atomic E-state index is 0.213. The zero-order valence-corrected chi connectivity index (χ0v) is 23.2. The molecule has 2 atom stereocenters. The van der Waals surface area contributed by atoms with E-state index in [9.17, 15) is 4.79 Å².